The van der Waals surface area contributed by atoms with Gasteiger partial charge < -0.3 is 17.9 Å². The zero-order valence-electron chi connectivity index (χ0n) is 1.85. The van der Waals surface area contributed by atoms with E-state index in [1.807, 2.05) is 0 Å². The van der Waals surface area contributed by atoms with E-state index >= 15 is 0 Å². The van der Waals surface area contributed by atoms with Crippen molar-refractivity contribution in [3.05, 3.63) is 0 Å². The molecule has 0 saturated heterocycles. The fourth-order valence-corrected chi connectivity index (χ4v) is 0. The molecular formula is ClFeMgO+. The van der Waals surface area contributed by atoms with Crippen molar-refractivity contribution >= 4 is 23.1 Å². The third-order valence-corrected chi connectivity index (χ3v) is 0. The molecule has 0 aliphatic heterocycles. The smallest absolute Gasteiger partial charge is 2.00 e. The van der Waals surface area contributed by atoms with Crippen molar-refractivity contribution < 1.29 is 35.0 Å². The van der Waals surface area contributed by atoms with Crippen molar-refractivity contribution in [1.82, 2.24) is 0 Å². The summed E-state index contributed by atoms with van der Waals surface area (Å²) in [5.74, 6) is 0. The standard InChI is InChI=1S/ClH.Fe.Mg.O/h1H;;;/q;2*+2;-2/p-1. The van der Waals surface area contributed by atoms with E-state index < -0.39 is 0 Å². The molecule has 0 aromatic carbocycles. The number of hydrogen-bond donors (Lipinski definition) is 0. The summed E-state index contributed by atoms with van der Waals surface area (Å²) in [4.78, 5) is 0. The fraction of sp³-hybridized carbons (Fsp3) is 0. The summed E-state index contributed by atoms with van der Waals surface area (Å²) >= 11 is 0. The van der Waals surface area contributed by atoms with Crippen LogP contribution in [0.25, 0.3) is 0 Å². The minimum Gasteiger partial charge on any atom is -2.00 e. The van der Waals surface area contributed by atoms with Crippen molar-refractivity contribution in [2.24, 2.45) is 0 Å². The zero-order valence-corrected chi connectivity index (χ0v) is 5.12. The molecule has 0 aromatic heterocycles. The summed E-state index contributed by atoms with van der Waals surface area (Å²) in [6, 6.07) is 0. The van der Waals surface area contributed by atoms with E-state index in [0.717, 1.165) is 0 Å². The fourth-order valence-electron chi connectivity index (χ4n) is 0. The summed E-state index contributed by atoms with van der Waals surface area (Å²) < 4.78 is 0. The Morgan fingerprint density at radius 2 is 1.00 bits per heavy atom. The van der Waals surface area contributed by atoms with Crippen molar-refractivity contribution in [2.45, 2.75) is 0 Å². The Morgan fingerprint density at radius 1 is 1.00 bits per heavy atom. The molecule has 22 valence electrons. The van der Waals surface area contributed by atoms with Crippen LogP contribution in [0.3, 0.4) is 0 Å². The Bertz CT molecular complexity index is 8.00. The SMILES string of the molecule is [Cl-].[Fe+2].[Mg+2].[O-2]. The van der Waals surface area contributed by atoms with Crippen LogP contribution in [-0.2, 0) is 22.5 Å². The van der Waals surface area contributed by atoms with Gasteiger partial charge in [-0.2, -0.15) is 0 Å². The van der Waals surface area contributed by atoms with Crippen LogP contribution in [0.5, 0.6) is 0 Å². The third kappa shape index (κ3) is 9.64. The molecule has 0 atom stereocenters. The molecule has 0 saturated carbocycles. The third-order valence-electron chi connectivity index (χ3n) is 0. The minimum atomic E-state index is 0. The molecule has 0 aliphatic carbocycles. The zero-order chi connectivity index (χ0) is 0. The monoisotopic (exact) mass is 131 g/mol. The number of halogens is 1. The van der Waals surface area contributed by atoms with E-state index in [0.29, 0.717) is 0 Å². The summed E-state index contributed by atoms with van der Waals surface area (Å²) in [6.07, 6.45) is 0. The normalized spacial score (nSPS) is 0. The maximum Gasteiger partial charge on any atom is 2.00 e. The van der Waals surface area contributed by atoms with Gasteiger partial charge in [-0.05, 0) is 0 Å². The van der Waals surface area contributed by atoms with Crippen LogP contribution in [0.15, 0.2) is 0 Å². The molecule has 0 aromatic rings. The molecule has 0 N–H and O–H groups in total. The predicted octanol–water partition coefficient (Wildman–Crippen LogP) is -3.50. The van der Waals surface area contributed by atoms with Crippen molar-refractivity contribution in [3.8, 4) is 0 Å². The van der Waals surface area contributed by atoms with Gasteiger partial charge in [0.25, 0.3) is 0 Å². The maximum absolute atomic E-state index is 0. The molecule has 1 nitrogen and oxygen atoms in total. The average molecular weight is 132 g/mol. The quantitative estimate of drug-likeness (QED) is 0.306. The molecule has 0 spiro atoms. The van der Waals surface area contributed by atoms with Gasteiger partial charge in [-0.15, -0.1) is 0 Å². The first kappa shape index (κ1) is 48.3. The van der Waals surface area contributed by atoms with Gasteiger partial charge in [-0.1, -0.05) is 0 Å². The van der Waals surface area contributed by atoms with Gasteiger partial charge in [0.1, 0.15) is 0 Å². The van der Waals surface area contributed by atoms with Crippen molar-refractivity contribution in [1.29, 1.82) is 0 Å². The molecule has 0 rings (SSSR count). The topological polar surface area (TPSA) is 28.5 Å². The molecule has 0 amide bonds. The van der Waals surface area contributed by atoms with Crippen LogP contribution in [-0.4, -0.2) is 23.1 Å². The molecule has 0 bridgehead atoms. The molecule has 0 aliphatic rings. The van der Waals surface area contributed by atoms with Crippen molar-refractivity contribution in [3.63, 3.8) is 0 Å². The van der Waals surface area contributed by atoms with Gasteiger partial charge in [0.15, 0.2) is 0 Å². The summed E-state index contributed by atoms with van der Waals surface area (Å²) in [5.41, 5.74) is 0. The van der Waals surface area contributed by atoms with E-state index in [1.165, 1.54) is 0 Å². The molecule has 0 fully saturated rings. The van der Waals surface area contributed by atoms with E-state index in [4.69, 9.17) is 0 Å². The van der Waals surface area contributed by atoms with Crippen LogP contribution in [0.4, 0.5) is 0 Å². The average Bonchev–Trinajstić information content (AvgIpc) is 0. The predicted molar refractivity (Wildman–Crippen MR) is 6.44 cm³/mol. The summed E-state index contributed by atoms with van der Waals surface area (Å²) in [5, 5.41) is 0. The number of rotatable bonds is 0. The van der Waals surface area contributed by atoms with Gasteiger partial charge in [-0.25, -0.2) is 0 Å². The molecule has 0 unspecified atom stereocenters. The van der Waals surface area contributed by atoms with Crippen LogP contribution in [0.2, 0.25) is 0 Å². The minimum absolute atomic E-state index is 0. The first-order chi connectivity index (χ1) is 0. The second kappa shape index (κ2) is 24.0. The Labute approximate surface area is 57.9 Å². The molecule has 4 heavy (non-hydrogen) atoms. The van der Waals surface area contributed by atoms with E-state index in [-0.39, 0.29) is 58.0 Å². The Hall–Kier alpha value is 1.54. The second-order valence-corrected chi connectivity index (χ2v) is 0. The van der Waals surface area contributed by atoms with Gasteiger partial charge >= 0.3 is 40.1 Å². The molecule has 4 heteroatoms. The van der Waals surface area contributed by atoms with Gasteiger partial charge in [0.05, 0.1) is 0 Å². The molecule has 0 radical (unpaired) electrons. The van der Waals surface area contributed by atoms with Gasteiger partial charge in [0, 0.05) is 0 Å². The van der Waals surface area contributed by atoms with Crippen LogP contribution < -0.4 is 12.4 Å². The Balaban J connectivity index is 0. The largest absolute Gasteiger partial charge is 2.00 e. The van der Waals surface area contributed by atoms with E-state index in [2.05, 4.69) is 0 Å². The molecule has 0 heterocycles. The first-order valence-electron chi connectivity index (χ1n) is 0. The number of hydrogen-bond acceptors (Lipinski definition) is 0. The van der Waals surface area contributed by atoms with Crippen LogP contribution in [0, 0.1) is 0 Å². The van der Waals surface area contributed by atoms with Crippen LogP contribution >= 0.6 is 0 Å². The molecular weight excluding hydrogens is 132 g/mol. The Kier molecular flexibility index (Phi) is 290. The summed E-state index contributed by atoms with van der Waals surface area (Å²) in [6.45, 7) is 0. The summed E-state index contributed by atoms with van der Waals surface area (Å²) in [7, 11) is 0. The van der Waals surface area contributed by atoms with Crippen molar-refractivity contribution in [2.75, 3.05) is 0 Å². The van der Waals surface area contributed by atoms with Crippen LogP contribution in [0.1, 0.15) is 0 Å². The van der Waals surface area contributed by atoms with Gasteiger partial charge in [0.2, 0.25) is 0 Å². The van der Waals surface area contributed by atoms with E-state index in [9.17, 15) is 0 Å². The second-order valence-electron chi connectivity index (χ2n) is 0. The first-order valence-corrected chi connectivity index (χ1v) is 0. The van der Waals surface area contributed by atoms with Gasteiger partial charge in [-0.3, -0.25) is 0 Å². The Morgan fingerprint density at radius 3 is 1.00 bits per heavy atom. The van der Waals surface area contributed by atoms with E-state index in [1.54, 1.807) is 0 Å². The maximum atomic E-state index is 0.